The Kier molecular flexibility index (Phi) is 5.69. The highest BCUT2D eigenvalue weighted by molar-refractivity contribution is 5.81. The maximum atomic E-state index is 11.6. The molecule has 3 nitrogen and oxygen atoms in total. The predicted molar refractivity (Wildman–Crippen MR) is 77.1 cm³/mol. The van der Waals surface area contributed by atoms with Gasteiger partial charge in [0.1, 0.15) is 0 Å². The van der Waals surface area contributed by atoms with E-state index in [4.69, 9.17) is 0 Å². The van der Waals surface area contributed by atoms with Gasteiger partial charge in [0.2, 0.25) is 5.91 Å². The molecule has 0 saturated carbocycles. The van der Waals surface area contributed by atoms with Crippen LogP contribution in [0.1, 0.15) is 36.5 Å². The summed E-state index contributed by atoms with van der Waals surface area (Å²) in [7, 11) is 0. The van der Waals surface area contributed by atoms with E-state index in [1.54, 1.807) is 0 Å². The number of rotatable bonds is 6. The molecule has 0 spiro atoms. The van der Waals surface area contributed by atoms with Crippen molar-refractivity contribution >= 4 is 11.6 Å². The van der Waals surface area contributed by atoms with Crippen LogP contribution in [0.15, 0.2) is 12.1 Å². The topological polar surface area (TPSA) is 41.1 Å². The number of carbonyl (C=O) groups excluding carboxylic acids is 1. The molecule has 18 heavy (non-hydrogen) atoms. The smallest absolute Gasteiger partial charge is 0.239 e. The lowest BCUT2D eigenvalue weighted by molar-refractivity contribution is -0.119. The van der Waals surface area contributed by atoms with Crippen LogP contribution < -0.4 is 10.6 Å². The number of nitrogens with one attached hydrogen (secondary N) is 2. The first-order valence-corrected chi connectivity index (χ1v) is 6.63. The first-order chi connectivity index (χ1) is 8.54. The molecule has 3 heteroatoms. The Labute approximate surface area is 110 Å². The fraction of sp³-hybridized carbons (Fsp3) is 0.533. The van der Waals surface area contributed by atoms with E-state index in [0.29, 0.717) is 6.54 Å². The molecule has 0 fully saturated rings. The van der Waals surface area contributed by atoms with E-state index in [1.165, 1.54) is 16.7 Å². The minimum atomic E-state index is 0.0582. The molecule has 0 bridgehead atoms. The summed E-state index contributed by atoms with van der Waals surface area (Å²) in [6.45, 7) is 9.44. The summed E-state index contributed by atoms with van der Waals surface area (Å²) in [6.07, 6.45) is 2.14. The van der Waals surface area contributed by atoms with Crippen molar-refractivity contribution in [3.63, 3.8) is 0 Å². The Morgan fingerprint density at radius 2 is 1.78 bits per heavy atom. The quantitative estimate of drug-likeness (QED) is 0.760. The van der Waals surface area contributed by atoms with Crippen LogP contribution in [0, 0.1) is 20.8 Å². The Morgan fingerprint density at radius 1 is 1.17 bits per heavy atom. The van der Waals surface area contributed by atoms with Crippen molar-refractivity contribution in [3.8, 4) is 0 Å². The number of aryl methyl sites for hydroxylation is 3. The van der Waals surface area contributed by atoms with Crippen LogP contribution in [-0.2, 0) is 4.79 Å². The minimum Gasteiger partial charge on any atom is -0.376 e. The average molecular weight is 248 g/mol. The van der Waals surface area contributed by atoms with Crippen LogP contribution in [0.5, 0.6) is 0 Å². The maximum absolute atomic E-state index is 11.6. The monoisotopic (exact) mass is 248 g/mol. The van der Waals surface area contributed by atoms with Gasteiger partial charge in [0.05, 0.1) is 6.54 Å². The van der Waals surface area contributed by atoms with Crippen molar-refractivity contribution in [1.82, 2.24) is 5.32 Å². The summed E-state index contributed by atoms with van der Waals surface area (Å²) in [5.41, 5.74) is 4.71. The second-order valence-electron chi connectivity index (χ2n) is 4.83. The van der Waals surface area contributed by atoms with E-state index in [0.717, 1.165) is 25.1 Å². The zero-order valence-corrected chi connectivity index (χ0v) is 11.9. The van der Waals surface area contributed by atoms with E-state index in [-0.39, 0.29) is 5.91 Å². The highest BCUT2D eigenvalue weighted by Gasteiger charge is 2.05. The average Bonchev–Trinajstić information content (AvgIpc) is 2.27. The number of benzene rings is 1. The third-order valence-corrected chi connectivity index (χ3v) is 2.96. The molecule has 1 rings (SSSR count). The predicted octanol–water partition coefficient (Wildman–Crippen LogP) is 2.94. The fourth-order valence-electron chi connectivity index (χ4n) is 2.09. The molecule has 0 aliphatic carbocycles. The normalized spacial score (nSPS) is 10.2. The first-order valence-electron chi connectivity index (χ1n) is 6.63. The number of anilines is 1. The van der Waals surface area contributed by atoms with Gasteiger partial charge in [-0.25, -0.2) is 0 Å². The third kappa shape index (κ3) is 4.40. The summed E-state index contributed by atoms with van der Waals surface area (Å²) >= 11 is 0. The first kappa shape index (κ1) is 14.6. The van der Waals surface area contributed by atoms with Gasteiger partial charge in [0, 0.05) is 12.2 Å². The minimum absolute atomic E-state index is 0.0582. The van der Waals surface area contributed by atoms with Gasteiger partial charge in [-0.2, -0.15) is 0 Å². The molecule has 1 aromatic carbocycles. The number of hydrogen-bond acceptors (Lipinski definition) is 2. The fourth-order valence-corrected chi connectivity index (χ4v) is 2.09. The van der Waals surface area contributed by atoms with Gasteiger partial charge in [0.15, 0.2) is 0 Å². The van der Waals surface area contributed by atoms with E-state index in [9.17, 15) is 4.79 Å². The molecule has 0 radical (unpaired) electrons. The number of unbranched alkanes of at least 4 members (excludes halogenated alkanes) is 1. The largest absolute Gasteiger partial charge is 0.376 e. The Bertz CT molecular complexity index is 390. The number of carbonyl (C=O) groups is 1. The summed E-state index contributed by atoms with van der Waals surface area (Å²) in [4.78, 5) is 11.6. The van der Waals surface area contributed by atoms with Crippen molar-refractivity contribution in [1.29, 1.82) is 0 Å². The van der Waals surface area contributed by atoms with Crippen molar-refractivity contribution in [2.24, 2.45) is 0 Å². The molecular weight excluding hydrogens is 224 g/mol. The van der Waals surface area contributed by atoms with Gasteiger partial charge >= 0.3 is 0 Å². The molecule has 1 aromatic rings. The van der Waals surface area contributed by atoms with Gasteiger partial charge < -0.3 is 10.6 Å². The molecule has 0 aromatic heterocycles. The lowest BCUT2D eigenvalue weighted by Gasteiger charge is -2.13. The molecule has 0 aliphatic heterocycles. The lowest BCUT2D eigenvalue weighted by Crippen LogP contribution is -2.30. The van der Waals surface area contributed by atoms with Gasteiger partial charge in [-0.05, 0) is 38.3 Å². The van der Waals surface area contributed by atoms with Crippen LogP contribution in [0.2, 0.25) is 0 Å². The van der Waals surface area contributed by atoms with Crippen LogP contribution in [0.4, 0.5) is 5.69 Å². The zero-order chi connectivity index (χ0) is 13.5. The Balaban J connectivity index is 2.51. The zero-order valence-electron chi connectivity index (χ0n) is 11.9. The molecule has 0 saturated heterocycles. The van der Waals surface area contributed by atoms with Gasteiger partial charge in [-0.15, -0.1) is 0 Å². The van der Waals surface area contributed by atoms with Crippen LogP contribution in [0.3, 0.4) is 0 Å². The number of hydrogen-bond donors (Lipinski definition) is 2. The van der Waals surface area contributed by atoms with Crippen molar-refractivity contribution < 1.29 is 4.79 Å². The van der Waals surface area contributed by atoms with Crippen LogP contribution in [-0.4, -0.2) is 19.0 Å². The molecule has 0 unspecified atom stereocenters. The molecule has 1 amide bonds. The van der Waals surface area contributed by atoms with Gasteiger partial charge in [-0.1, -0.05) is 31.0 Å². The molecule has 2 N–H and O–H groups in total. The summed E-state index contributed by atoms with van der Waals surface area (Å²) < 4.78 is 0. The number of amides is 1. The van der Waals surface area contributed by atoms with Crippen molar-refractivity contribution in [3.05, 3.63) is 28.8 Å². The SMILES string of the molecule is CCCCNC(=O)CNc1c(C)cc(C)cc1C. The van der Waals surface area contributed by atoms with Crippen molar-refractivity contribution in [2.45, 2.75) is 40.5 Å². The molecule has 0 aliphatic rings. The highest BCUT2D eigenvalue weighted by atomic mass is 16.1. The lowest BCUT2D eigenvalue weighted by atomic mass is 10.1. The van der Waals surface area contributed by atoms with E-state index < -0.39 is 0 Å². The maximum Gasteiger partial charge on any atom is 0.239 e. The summed E-state index contributed by atoms with van der Waals surface area (Å²) in [5.74, 6) is 0.0582. The Morgan fingerprint density at radius 3 is 2.33 bits per heavy atom. The summed E-state index contributed by atoms with van der Waals surface area (Å²) in [5, 5.41) is 6.13. The van der Waals surface area contributed by atoms with E-state index in [2.05, 4.69) is 50.5 Å². The van der Waals surface area contributed by atoms with Gasteiger partial charge in [-0.3, -0.25) is 4.79 Å². The molecule has 0 atom stereocenters. The second kappa shape index (κ2) is 7.04. The standard InChI is InChI=1S/C15H24N2O/c1-5-6-7-16-14(18)10-17-15-12(3)8-11(2)9-13(15)4/h8-9,17H,5-7,10H2,1-4H3,(H,16,18). The van der Waals surface area contributed by atoms with Gasteiger partial charge in [0.25, 0.3) is 0 Å². The Hall–Kier alpha value is -1.51. The van der Waals surface area contributed by atoms with E-state index >= 15 is 0 Å². The second-order valence-corrected chi connectivity index (χ2v) is 4.83. The van der Waals surface area contributed by atoms with E-state index in [1.807, 2.05) is 0 Å². The van der Waals surface area contributed by atoms with Crippen LogP contribution in [0.25, 0.3) is 0 Å². The third-order valence-electron chi connectivity index (χ3n) is 2.96. The molecule has 0 heterocycles. The highest BCUT2D eigenvalue weighted by Crippen LogP contribution is 2.21. The van der Waals surface area contributed by atoms with Crippen LogP contribution >= 0.6 is 0 Å². The summed E-state index contributed by atoms with van der Waals surface area (Å²) in [6, 6.07) is 4.26. The molecular formula is C15H24N2O. The molecule has 100 valence electrons. The van der Waals surface area contributed by atoms with Crippen molar-refractivity contribution in [2.75, 3.05) is 18.4 Å².